The zero-order valence-corrected chi connectivity index (χ0v) is 14.4. The van der Waals surface area contributed by atoms with Gasteiger partial charge >= 0.3 is 6.18 Å². The Balaban J connectivity index is 1.83. The lowest BCUT2D eigenvalue weighted by Gasteiger charge is -2.19. The van der Waals surface area contributed by atoms with E-state index in [2.05, 4.69) is 0 Å². The number of sulfone groups is 1. The first-order valence-corrected chi connectivity index (χ1v) is 9.50. The van der Waals surface area contributed by atoms with Crippen molar-refractivity contribution in [2.24, 2.45) is 0 Å². The van der Waals surface area contributed by atoms with Crippen LogP contribution in [0.25, 0.3) is 0 Å². The van der Waals surface area contributed by atoms with Gasteiger partial charge in [-0.05, 0) is 30.7 Å². The fraction of sp³-hybridized carbons (Fsp3) is 0.278. The minimum atomic E-state index is -4.65. The molecular weight excluding hydrogens is 367 g/mol. The van der Waals surface area contributed by atoms with E-state index in [1.54, 1.807) is 18.2 Å². The molecule has 8 heteroatoms. The molecule has 3 rings (SSSR count). The molecule has 1 saturated heterocycles. The molecule has 0 aliphatic carbocycles. The molecule has 4 nitrogen and oxygen atoms in total. The lowest BCUT2D eigenvalue weighted by Crippen LogP contribution is -2.33. The number of rotatable bonds is 3. The van der Waals surface area contributed by atoms with Crippen molar-refractivity contribution < 1.29 is 26.4 Å². The van der Waals surface area contributed by atoms with Crippen molar-refractivity contribution >= 4 is 15.7 Å². The fourth-order valence-corrected chi connectivity index (χ4v) is 4.77. The SMILES string of the molecule is O=C(c1ccccc1C(F)(F)F)N1CCC(S(=O)(=O)c2ccccc2)C1. The third kappa shape index (κ3) is 3.46. The zero-order valence-electron chi connectivity index (χ0n) is 13.6. The number of alkyl halides is 3. The van der Waals surface area contributed by atoms with Crippen molar-refractivity contribution in [2.75, 3.05) is 13.1 Å². The average molecular weight is 383 g/mol. The fourth-order valence-electron chi connectivity index (χ4n) is 3.06. The highest BCUT2D eigenvalue weighted by molar-refractivity contribution is 7.92. The molecule has 1 heterocycles. The number of hydrogen-bond acceptors (Lipinski definition) is 3. The summed E-state index contributed by atoms with van der Waals surface area (Å²) in [6.45, 7) is -0.0238. The second-order valence-corrected chi connectivity index (χ2v) is 8.29. The van der Waals surface area contributed by atoms with Crippen LogP contribution in [0.5, 0.6) is 0 Å². The molecule has 1 amide bonds. The number of halogens is 3. The van der Waals surface area contributed by atoms with Crippen LogP contribution in [0, 0.1) is 0 Å². The maximum Gasteiger partial charge on any atom is 0.417 e. The Bertz CT molecular complexity index is 911. The van der Waals surface area contributed by atoms with Crippen molar-refractivity contribution in [2.45, 2.75) is 22.7 Å². The molecule has 26 heavy (non-hydrogen) atoms. The van der Waals surface area contributed by atoms with Gasteiger partial charge in [0.2, 0.25) is 0 Å². The van der Waals surface area contributed by atoms with E-state index >= 15 is 0 Å². The van der Waals surface area contributed by atoms with Crippen LogP contribution < -0.4 is 0 Å². The van der Waals surface area contributed by atoms with Crippen LogP contribution >= 0.6 is 0 Å². The average Bonchev–Trinajstić information content (AvgIpc) is 3.12. The molecule has 0 aromatic heterocycles. The van der Waals surface area contributed by atoms with Gasteiger partial charge in [-0.3, -0.25) is 4.79 Å². The molecular formula is C18H16F3NO3S. The third-order valence-corrected chi connectivity index (χ3v) is 6.60. The topological polar surface area (TPSA) is 54.5 Å². The van der Waals surface area contributed by atoms with E-state index in [9.17, 15) is 26.4 Å². The monoisotopic (exact) mass is 383 g/mol. The third-order valence-electron chi connectivity index (χ3n) is 4.41. The van der Waals surface area contributed by atoms with Crippen LogP contribution in [-0.4, -0.2) is 37.6 Å². The standard InChI is InChI=1S/C18H16F3NO3S/c19-18(20,21)16-9-5-4-8-15(16)17(23)22-11-10-14(12-22)26(24,25)13-6-2-1-3-7-13/h1-9,14H,10-12H2. The number of carbonyl (C=O) groups excluding carboxylic acids is 1. The summed E-state index contributed by atoms with van der Waals surface area (Å²) >= 11 is 0. The highest BCUT2D eigenvalue weighted by Crippen LogP contribution is 2.33. The Labute approximate surface area is 149 Å². The number of carbonyl (C=O) groups is 1. The zero-order chi connectivity index (χ0) is 18.9. The second kappa shape index (κ2) is 6.75. The summed E-state index contributed by atoms with van der Waals surface area (Å²) < 4.78 is 64.6. The Morgan fingerprint density at radius 1 is 1.00 bits per heavy atom. The van der Waals surface area contributed by atoms with Crippen molar-refractivity contribution in [3.8, 4) is 0 Å². The maximum absolute atomic E-state index is 13.1. The molecule has 0 spiro atoms. The normalized spacial score (nSPS) is 18.1. The van der Waals surface area contributed by atoms with Gasteiger partial charge in [0.1, 0.15) is 0 Å². The van der Waals surface area contributed by atoms with Crippen LogP contribution in [0.2, 0.25) is 0 Å². The minimum Gasteiger partial charge on any atom is -0.337 e. The van der Waals surface area contributed by atoms with E-state index in [1.165, 1.54) is 29.2 Å². The molecule has 2 aromatic carbocycles. The van der Waals surface area contributed by atoms with Crippen LogP contribution in [0.3, 0.4) is 0 Å². The van der Waals surface area contributed by atoms with Gasteiger partial charge in [0.15, 0.2) is 9.84 Å². The first-order valence-electron chi connectivity index (χ1n) is 7.95. The number of amides is 1. The molecule has 1 atom stereocenters. The Morgan fingerprint density at radius 2 is 1.62 bits per heavy atom. The Morgan fingerprint density at radius 3 is 2.27 bits per heavy atom. The first kappa shape index (κ1) is 18.4. The Kier molecular flexibility index (Phi) is 4.79. The number of nitrogens with zero attached hydrogens (tertiary/aromatic N) is 1. The van der Waals surface area contributed by atoms with Gasteiger partial charge in [-0.2, -0.15) is 13.2 Å². The molecule has 138 valence electrons. The quantitative estimate of drug-likeness (QED) is 0.816. The van der Waals surface area contributed by atoms with Gasteiger partial charge in [0.05, 0.1) is 21.3 Å². The second-order valence-electron chi connectivity index (χ2n) is 6.06. The van der Waals surface area contributed by atoms with Crippen LogP contribution in [0.4, 0.5) is 13.2 Å². The minimum absolute atomic E-state index is 0.0990. The van der Waals surface area contributed by atoms with E-state index in [0.29, 0.717) is 0 Å². The number of benzene rings is 2. The molecule has 1 fully saturated rings. The van der Waals surface area contributed by atoms with Gasteiger partial charge in [-0.1, -0.05) is 30.3 Å². The van der Waals surface area contributed by atoms with Gasteiger partial charge in [-0.15, -0.1) is 0 Å². The van der Waals surface area contributed by atoms with Crippen molar-refractivity contribution in [1.82, 2.24) is 4.90 Å². The molecule has 0 N–H and O–H groups in total. The van der Waals surface area contributed by atoms with E-state index in [4.69, 9.17) is 0 Å². The number of likely N-dealkylation sites (tertiary alicyclic amines) is 1. The molecule has 1 unspecified atom stereocenters. The molecule has 0 radical (unpaired) electrons. The summed E-state index contributed by atoms with van der Waals surface area (Å²) in [4.78, 5) is 13.9. The largest absolute Gasteiger partial charge is 0.417 e. The predicted molar refractivity (Wildman–Crippen MR) is 89.4 cm³/mol. The highest BCUT2D eigenvalue weighted by atomic mass is 32.2. The molecule has 1 aliphatic heterocycles. The summed E-state index contributed by atoms with van der Waals surface area (Å²) in [7, 11) is -3.64. The summed E-state index contributed by atoms with van der Waals surface area (Å²) in [5.74, 6) is -0.802. The van der Waals surface area contributed by atoms with Crippen molar-refractivity contribution in [1.29, 1.82) is 0 Å². The molecule has 2 aromatic rings. The summed E-state index contributed by atoms with van der Waals surface area (Å²) in [5, 5.41) is -0.827. The summed E-state index contributed by atoms with van der Waals surface area (Å²) in [6, 6.07) is 12.4. The number of hydrogen-bond donors (Lipinski definition) is 0. The Hall–Kier alpha value is -2.35. The predicted octanol–water partition coefficient (Wildman–Crippen LogP) is 3.39. The van der Waals surface area contributed by atoms with E-state index in [0.717, 1.165) is 12.1 Å². The molecule has 1 aliphatic rings. The van der Waals surface area contributed by atoms with Crippen molar-refractivity contribution in [3.63, 3.8) is 0 Å². The van der Waals surface area contributed by atoms with Gasteiger partial charge < -0.3 is 4.90 Å². The smallest absolute Gasteiger partial charge is 0.337 e. The lowest BCUT2D eigenvalue weighted by atomic mass is 10.1. The van der Waals surface area contributed by atoms with E-state index < -0.39 is 38.3 Å². The highest BCUT2D eigenvalue weighted by Gasteiger charge is 2.40. The summed E-state index contributed by atoms with van der Waals surface area (Å²) in [5.41, 5.74) is -1.47. The van der Waals surface area contributed by atoms with Crippen LogP contribution in [-0.2, 0) is 16.0 Å². The maximum atomic E-state index is 13.1. The first-order chi connectivity index (χ1) is 12.2. The van der Waals surface area contributed by atoms with E-state index in [-0.39, 0.29) is 24.4 Å². The van der Waals surface area contributed by atoms with Crippen LogP contribution in [0.15, 0.2) is 59.5 Å². The van der Waals surface area contributed by atoms with Crippen molar-refractivity contribution in [3.05, 3.63) is 65.7 Å². The van der Waals surface area contributed by atoms with Crippen LogP contribution in [0.1, 0.15) is 22.3 Å². The summed E-state index contributed by atoms with van der Waals surface area (Å²) in [6.07, 6.45) is -4.46. The van der Waals surface area contributed by atoms with Gasteiger partial charge in [0.25, 0.3) is 5.91 Å². The van der Waals surface area contributed by atoms with E-state index in [1.807, 2.05) is 0 Å². The molecule has 0 bridgehead atoms. The van der Waals surface area contributed by atoms with Gasteiger partial charge in [0, 0.05) is 13.1 Å². The van der Waals surface area contributed by atoms with Gasteiger partial charge in [-0.25, -0.2) is 8.42 Å². The molecule has 0 saturated carbocycles. The lowest BCUT2D eigenvalue weighted by molar-refractivity contribution is -0.138.